The number of nitrogens with zero attached hydrogens (tertiary/aromatic N) is 1. The quantitative estimate of drug-likeness (QED) is 0.474. The zero-order valence-electron chi connectivity index (χ0n) is 18.9. The number of nitrogens with one attached hydrogen (secondary N) is 1. The summed E-state index contributed by atoms with van der Waals surface area (Å²) in [5, 5.41) is 3.75. The molecule has 0 aliphatic rings. The first-order valence-corrected chi connectivity index (χ1v) is 12.4. The van der Waals surface area contributed by atoms with Gasteiger partial charge in [-0.1, -0.05) is 61.8 Å². The summed E-state index contributed by atoms with van der Waals surface area (Å²) in [5.74, 6) is 0.938. The van der Waals surface area contributed by atoms with Crippen molar-refractivity contribution < 1.29 is 9.59 Å². The Labute approximate surface area is 195 Å². The lowest BCUT2D eigenvalue weighted by Crippen LogP contribution is -2.51. The Hall–Kier alpha value is -1.98. The normalized spacial score (nSPS) is 12.8. The summed E-state index contributed by atoms with van der Waals surface area (Å²) in [6.45, 7) is 8.45. The van der Waals surface area contributed by atoms with Gasteiger partial charge in [0.1, 0.15) is 6.04 Å². The number of hydrogen-bond acceptors (Lipinski definition) is 3. The summed E-state index contributed by atoms with van der Waals surface area (Å²) < 4.78 is 0. The van der Waals surface area contributed by atoms with Crippen LogP contribution >= 0.6 is 23.4 Å². The Balaban J connectivity index is 2.14. The smallest absolute Gasteiger partial charge is 0.243 e. The Morgan fingerprint density at radius 3 is 2.35 bits per heavy atom. The Kier molecular flexibility index (Phi) is 10.4. The van der Waals surface area contributed by atoms with Gasteiger partial charge >= 0.3 is 0 Å². The summed E-state index contributed by atoms with van der Waals surface area (Å²) in [6, 6.07) is 15.3. The molecule has 31 heavy (non-hydrogen) atoms. The van der Waals surface area contributed by atoms with Gasteiger partial charge in [0.2, 0.25) is 11.8 Å². The van der Waals surface area contributed by atoms with Gasteiger partial charge in [-0.2, -0.15) is 0 Å². The van der Waals surface area contributed by atoms with E-state index in [4.69, 9.17) is 11.6 Å². The molecule has 0 fully saturated rings. The van der Waals surface area contributed by atoms with Crippen molar-refractivity contribution >= 4 is 35.2 Å². The first-order chi connectivity index (χ1) is 14.8. The summed E-state index contributed by atoms with van der Waals surface area (Å²) in [6.07, 6.45) is 1.42. The van der Waals surface area contributed by atoms with Crippen molar-refractivity contribution in [1.82, 2.24) is 10.2 Å². The summed E-state index contributed by atoms with van der Waals surface area (Å²) in [5.41, 5.74) is 3.30. The third-order valence-corrected chi connectivity index (χ3v) is 6.64. The topological polar surface area (TPSA) is 49.4 Å². The maximum atomic E-state index is 13.3. The van der Waals surface area contributed by atoms with E-state index < -0.39 is 6.04 Å². The zero-order chi connectivity index (χ0) is 22.8. The first-order valence-electron chi connectivity index (χ1n) is 10.8. The lowest BCUT2D eigenvalue weighted by atomic mass is 10.1. The van der Waals surface area contributed by atoms with Crippen molar-refractivity contribution in [3.8, 4) is 0 Å². The van der Waals surface area contributed by atoms with Crippen LogP contribution in [0.4, 0.5) is 0 Å². The predicted octanol–water partition coefficient (Wildman–Crippen LogP) is 5.60. The van der Waals surface area contributed by atoms with Crippen molar-refractivity contribution in [3.63, 3.8) is 0 Å². The van der Waals surface area contributed by atoms with Crippen LogP contribution in [0.15, 0.2) is 48.5 Å². The van der Waals surface area contributed by atoms with Gasteiger partial charge in [-0.15, -0.1) is 11.8 Å². The maximum absolute atomic E-state index is 13.3. The third kappa shape index (κ3) is 7.89. The molecule has 0 aliphatic carbocycles. The van der Waals surface area contributed by atoms with Crippen molar-refractivity contribution in [2.45, 2.75) is 64.9 Å². The Bertz CT molecular complexity index is 857. The number of benzene rings is 2. The highest BCUT2D eigenvalue weighted by atomic mass is 35.5. The Morgan fingerprint density at radius 2 is 1.74 bits per heavy atom. The number of halogens is 1. The number of hydrogen-bond donors (Lipinski definition) is 1. The molecule has 2 aromatic carbocycles. The molecule has 1 N–H and O–H groups in total. The van der Waals surface area contributed by atoms with Gasteiger partial charge in [0.25, 0.3) is 0 Å². The van der Waals surface area contributed by atoms with E-state index in [1.807, 2.05) is 76.2 Å². The minimum Gasteiger partial charge on any atom is -0.352 e. The van der Waals surface area contributed by atoms with E-state index in [0.717, 1.165) is 28.9 Å². The second-order valence-corrected chi connectivity index (χ2v) is 9.23. The molecule has 0 saturated carbocycles. The molecule has 0 aromatic heterocycles. The molecule has 0 spiro atoms. The van der Waals surface area contributed by atoms with Crippen molar-refractivity contribution in [3.05, 3.63) is 70.2 Å². The van der Waals surface area contributed by atoms with Crippen LogP contribution in [0.1, 0.15) is 50.3 Å². The Morgan fingerprint density at radius 1 is 1.06 bits per heavy atom. The summed E-state index contributed by atoms with van der Waals surface area (Å²) >= 11 is 7.50. The van der Waals surface area contributed by atoms with Crippen LogP contribution in [-0.4, -0.2) is 34.6 Å². The van der Waals surface area contributed by atoms with Gasteiger partial charge in [-0.25, -0.2) is 0 Å². The summed E-state index contributed by atoms with van der Waals surface area (Å²) in [4.78, 5) is 28.0. The first kappa shape index (κ1) is 25.3. The van der Waals surface area contributed by atoms with Crippen molar-refractivity contribution in [1.29, 1.82) is 0 Å². The van der Waals surface area contributed by atoms with Crippen LogP contribution < -0.4 is 5.32 Å². The molecule has 2 rings (SSSR count). The number of carbonyl (C=O) groups excluding carboxylic acids is 2. The average Bonchev–Trinajstić information content (AvgIpc) is 2.76. The summed E-state index contributed by atoms with van der Waals surface area (Å²) in [7, 11) is 0. The van der Waals surface area contributed by atoms with Crippen LogP contribution in [0.3, 0.4) is 0 Å². The van der Waals surface area contributed by atoms with E-state index in [0.29, 0.717) is 23.7 Å². The molecule has 168 valence electrons. The third-order valence-electron chi connectivity index (χ3n) is 5.40. The van der Waals surface area contributed by atoms with Crippen molar-refractivity contribution in [2.24, 2.45) is 0 Å². The minimum absolute atomic E-state index is 0.0200. The second kappa shape index (κ2) is 12.8. The highest BCUT2D eigenvalue weighted by Gasteiger charge is 2.29. The molecular formula is C25H33ClN2O2S. The van der Waals surface area contributed by atoms with Gasteiger partial charge in [0.05, 0.1) is 5.75 Å². The molecule has 0 aliphatic heterocycles. The number of amides is 2. The minimum atomic E-state index is -0.489. The van der Waals surface area contributed by atoms with Gasteiger partial charge in [0, 0.05) is 23.4 Å². The fourth-order valence-corrected chi connectivity index (χ4v) is 4.25. The second-order valence-electron chi connectivity index (χ2n) is 7.81. The standard InChI is InChI=1S/C25H33ClN2O2S/c1-5-19(4)27-25(30)23(6-2)28(15-21-10-8-7-9-18(21)3)24(29)17-31-16-20-11-13-22(26)14-12-20/h7-14,19,23H,5-6,15-17H2,1-4H3,(H,27,30). The SMILES string of the molecule is CCC(C)NC(=O)C(CC)N(Cc1ccccc1C)C(=O)CSCc1ccc(Cl)cc1. The molecule has 2 unspecified atom stereocenters. The molecule has 2 aromatic rings. The van der Waals surface area contributed by atoms with Crippen LogP contribution in [0.5, 0.6) is 0 Å². The molecule has 2 amide bonds. The van der Waals surface area contributed by atoms with E-state index in [1.165, 1.54) is 0 Å². The van der Waals surface area contributed by atoms with Crippen LogP contribution in [0.2, 0.25) is 5.02 Å². The number of aryl methyl sites for hydroxylation is 1. The molecule has 0 bridgehead atoms. The van der Waals surface area contributed by atoms with Gasteiger partial charge in [-0.05, 0) is 55.5 Å². The van der Waals surface area contributed by atoms with E-state index in [2.05, 4.69) is 5.32 Å². The molecule has 0 heterocycles. The molecule has 2 atom stereocenters. The van der Waals surface area contributed by atoms with E-state index in [-0.39, 0.29) is 17.9 Å². The van der Waals surface area contributed by atoms with Gasteiger partial charge < -0.3 is 10.2 Å². The van der Waals surface area contributed by atoms with Crippen molar-refractivity contribution in [2.75, 3.05) is 5.75 Å². The van der Waals surface area contributed by atoms with Gasteiger partial charge in [0.15, 0.2) is 0 Å². The predicted molar refractivity (Wildman–Crippen MR) is 131 cm³/mol. The van der Waals surface area contributed by atoms with Gasteiger partial charge in [-0.3, -0.25) is 9.59 Å². The number of rotatable bonds is 11. The van der Waals surface area contributed by atoms with Crippen LogP contribution in [0.25, 0.3) is 0 Å². The lowest BCUT2D eigenvalue weighted by Gasteiger charge is -2.32. The zero-order valence-corrected chi connectivity index (χ0v) is 20.4. The van der Waals surface area contributed by atoms with Crippen LogP contribution in [0, 0.1) is 6.92 Å². The highest BCUT2D eigenvalue weighted by Crippen LogP contribution is 2.20. The highest BCUT2D eigenvalue weighted by molar-refractivity contribution is 7.99. The van der Waals surface area contributed by atoms with E-state index in [1.54, 1.807) is 16.7 Å². The fraction of sp³-hybridized carbons (Fsp3) is 0.440. The maximum Gasteiger partial charge on any atom is 0.243 e. The molecule has 0 radical (unpaired) electrons. The average molecular weight is 461 g/mol. The monoisotopic (exact) mass is 460 g/mol. The van der Waals surface area contributed by atoms with E-state index in [9.17, 15) is 9.59 Å². The molecule has 0 saturated heterocycles. The van der Waals surface area contributed by atoms with Crippen LogP contribution in [-0.2, 0) is 21.9 Å². The lowest BCUT2D eigenvalue weighted by molar-refractivity contribution is -0.139. The molecule has 6 heteroatoms. The van der Waals surface area contributed by atoms with E-state index >= 15 is 0 Å². The fourth-order valence-electron chi connectivity index (χ4n) is 3.25. The molecular weight excluding hydrogens is 428 g/mol. The number of carbonyl (C=O) groups is 2. The largest absolute Gasteiger partial charge is 0.352 e. The number of thioether (sulfide) groups is 1. The molecule has 4 nitrogen and oxygen atoms in total.